The summed E-state index contributed by atoms with van der Waals surface area (Å²) in [6.07, 6.45) is 1.62. The molecule has 0 spiro atoms. The summed E-state index contributed by atoms with van der Waals surface area (Å²) in [5, 5.41) is 4.00. The maximum atomic E-state index is 11.8. The number of piperazine rings is 1. The van der Waals surface area contributed by atoms with E-state index >= 15 is 0 Å². The number of halogens is 1. The normalized spacial score (nSPS) is 17.4. The molecule has 0 bridgehead atoms. The van der Waals surface area contributed by atoms with Crippen LogP contribution in [0, 0.1) is 0 Å². The van der Waals surface area contributed by atoms with Gasteiger partial charge in [0.2, 0.25) is 10.0 Å². The maximum absolute atomic E-state index is 11.8. The summed E-state index contributed by atoms with van der Waals surface area (Å²) >= 11 is 3.29. The van der Waals surface area contributed by atoms with E-state index in [1.807, 2.05) is 4.90 Å². The van der Waals surface area contributed by atoms with Crippen molar-refractivity contribution in [3.05, 3.63) is 21.0 Å². The second kappa shape index (κ2) is 5.82. The number of sulfonamides is 1. The number of aromatic nitrogens is 2. The molecular weight excluding hydrogens is 348 g/mol. The van der Waals surface area contributed by atoms with E-state index in [4.69, 9.17) is 0 Å². The second-order valence-corrected chi connectivity index (χ2v) is 7.61. The van der Waals surface area contributed by atoms with Gasteiger partial charge in [0.15, 0.2) is 0 Å². The molecule has 0 N–H and O–H groups in total. The van der Waals surface area contributed by atoms with Crippen LogP contribution in [0.4, 0.5) is 5.69 Å². The Labute approximate surface area is 126 Å². The van der Waals surface area contributed by atoms with Crippen molar-refractivity contribution in [3.8, 4) is 0 Å². The number of hydrogen-bond acceptors (Lipinski definition) is 5. The standard InChI is InChI=1S/C11H17BrN4O3S/c1-3-20(18,19)16-6-4-15(5-7-16)9-8-13-14(2)11(17)10(9)12/h8H,3-7H2,1-2H3. The molecule has 1 aromatic heterocycles. The minimum atomic E-state index is -3.14. The molecule has 1 aliphatic heterocycles. The van der Waals surface area contributed by atoms with Gasteiger partial charge in [0, 0.05) is 33.2 Å². The summed E-state index contributed by atoms with van der Waals surface area (Å²) in [7, 11) is -1.55. The van der Waals surface area contributed by atoms with Crippen molar-refractivity contribution in [2.75, 3.05) is 36.8 Å². The summed E-state index contributed by atoms with van der Waals surface area (Å²) in [5.41, 5.74) is 0.507. The molecule has 1 saturated heterocycles. The largest absolute Gasteiger partial charge is 0.367 e. The first kappa shape index (κ1) is 15.5. The first-order chi connectivity index (χ1) is 9.36. The molecule has 2 rings (SSSR count). The van der Waals surface area contributed by atoms with Gasteiger partial charge in [-0.1, -0.05) is 0 Å². The molecule has 9 heteroatoms. The molecule has 1 aliphatic rings. The van der Waals surface area contributed by atoms with E-state index in [1.54, 1.807) is 20.2 Å². The predicted molar refractivity (Wildman–Crippen MR) is 80.4 cm³/mol. The third-order valence-electron chi connectivity index (χ3n) is 3.40. The van der Waals surface area contributed by atoms with E-state index in [9.17, 15) is 13.2 Å². The fourth-order valence-electron chi connectivity index (χ4n) is 2.11. The molecule has 0 radical (unpaired) electrons. The van der Waals surface area contributed by atoms with E-state index in [0.717, 1.165) is 0 Å². The van der Waals surface area contributed by atoms with E-state index in [-0.39, 0.29) is 11.3 Å². The molecule has 0 amide bonds. The van der Waals surface area contributed by atoms with E-state index in [1.165, 1.54) is 8.99 Å². The van der Waals surface area contributed by atoms with Crippen LogP contribution in [0.1, 0.15) is 6.92 Å². The molecule has 0 aromatic carbocycles. The lowest BCUT2D eigenvalue weighted by atomic mass is 10.3. The zero-order valence-electron chi connectivity index (χ0n) is 11.4. The molecule has 1 aromatic rings. The van der Waals surface area contributed by atoms with Gasteiger partial charge in [-0.2, -0.15) is 9.40 Å². The van der Waals surface area contributed by atoms with Crippen molar-refractivity contribution in [1.29, 1.82) is 0 Å². The highest BCUT2D eigenvalue weighted by Crippen LogP contribution is 2.23. The third kappa shape index (κ3) is 2.89. The number of hydrogen-bond donors (Lipinski definition) is 0. The van der Waals surface area contributed by atoms with Crippen LogP contribution in [0.3, 0.4) is 0 Å². The van der Waals surface area contributed by atoms with Crippen molar-refractivity contribution in [3.63, 3.8) is 0 Å². The van der Waals surface area contributed by atoms with Crippen LogP contribution in [0.2, 0.25) is 0 Å². The van der Waals surface area contributed by atoms with E-state index in [0.29, 0.717) is 36.3 Å². The molecule has 7 nitrogen and oxygen atoms in total. The van der Waals surface area contributed by atoms with Crippen LogP contribution in [-0.4, -0.2) is 54.4 Å². The Morgan fingerprint density at radius 1 is 1.30 bits per heavy atom. The second-order valence-electron chi connectivity index (χ2n) is 4.56. The van der Waals surface area contributed by atoms with Crippen LogP contribution in [-0.2, 0) is 17.1 Å². The monoisotopic (exact) mass is 364 g/mol. The minimum Gasteiger partial charge on any atom is -0.367 e. The zero-order valence-corrected chi connectivity index (χ0v) is 13.8. The van der Waals surface area contributed by atoms with Gasteiger partial charge in [-0.15, -0.1) is 0 Å². The van der Waals surface area contributed by atoms with Crippen LogP contribution in [0.5, 0.6) is 0 Å². The van der Waals surface area contributed by atoms with E-state index in [2.05, 4.69) is 21.0 Å². The van der Waals surface area contributed by atoms with Crippen LogP contribution in [0.25, 0.3) is 0 Å². The predicted octanol–water partition coefficient (Wildman–Crippen LogP) is 0.0145. The van der Waals surface area contributed by atoms with Gasteiger partial charge in [0.1, 0.15) is 4.47 Å². The zero-order chi connectivity index (χ0) is 14.9. The minimum absolute atomic E-state index is 0.115. The van der Waals surface area contributed by atoms with Gasteiger partial charge < -0.3 is 4.90 Å². The molecule has 0 saturated carbocycles. The Morgan fingerprint density at radius 2 is 1.90 bits per heavy atom. The molecular formula is C11H17BrN4O3S. The van der Waals surface area contributed by atoms with Crippen LogP contribution < -0.4 is 10.5 Å². The Morgan fingerprint density at radius 3 is 2.45 bits per heavy atom. The molecule has 0 aliphatic carbocycles. The summed E-state index contributed by atoms with van der Waals surface area (Å²) in [4.78, 5) is 13.8. The number of aryl methyl sites for hydroxylation is 1. The Balaban J connectivity index is 2.16. The average Bonchev–Trinajstić information content (AvgIpc) is 2.45. The lowest BCUT2D eigenvalue weighted by Crippen LogP contribution is -2.49. The summed E-state index contributed by atoms with van der Waals surface area (Å²) in [5.74, 6) is 0.115. The fourth-order valence-corrected chi connectivity index (χ4v) is 3.81. The first-order valence-electron chi connectivity index (χ1n) is 6.31. The number of anilines is 1. The molecule has 0 unspecified atom stereocenters. The smallest absolute Gasteiger partial charge is 0.282 e. The van der Waals surface area contributed by atoms with Crippen LogP contribution >= 0.6 is 15.9 Å². The summed E-state index contributed by atoms with van der Waals surface area (Å²) in [6, 6.07) is 0. The van der Waals surface area contributed by atoms with Gasteiger partial charge in [0.05, 0.1) is 17.6 Å². The highest BCUT2D eigenvalue weighted by Gasteiger charge is 2.26. The SMILES string of the molecule is CCS(=O)(=O)N1CCN(c2cnn(C)c(=O)c2Br)CC1. The van der Waals surface area contributed by atoms with Gasteiger partial charge in [0.25, 0.3) is 5.56 Å². The molecule has 1 fully saturated rings. The average molecular weight is 365 g/mol. The maximum Gasteiger partial charge on any atom is 0.282 e. The first-order valence-corrected chi connectivity index (χ1v) is 8.71. The van der Waals surface area contributed by atoms with Gasteiger partial charge in [-0.25, -0.2) is 13.1 Å². The Hall–Kier alpha value is -0.930. The lowest BCUT2D eigenvalue weighted by Gasteiger charge is -2.35. The Bertz CT molecular complexity index is 650. The lowest BCUT2D eigenvalue weighted by molar-refractivity contribution is 0.385. The number of nitrogens with zero attached hydrogens (tertiary/aromatic N) is 4. The van der Waals surface area contributed by atoms with Gasteiger partial charge in [-0.05, 0) is 22.9 Å². The highest BCUT2D eigenvalue weighted by molar-refractivity contribution is 9.10. The fraction of sp³-hybridized carbons (Fsp3) is 0.636. The molecule has 112 valence electrons. The van der Waals surface area contributed by atoms with Crippen molar-refractivity contribution >= 4 is 31.6 Å². The quantitative estimate of drug-likeness (QED) is 0.755. The van der Waals surface area contributed by atoms with Gasteiger partial charge in [-0.3, -0.25) is 4.79 Å². The highest BCUT2D eigenvalue weighted by atomic mass is 79.9. The van der Waals surface area contributed by atoms with Crippen LogP contribution in [0.15, 0.2) is 15.5 Å². The molecule has 20 heavy (non-hydrogen) atoms. The van der Waals surface area contributed by atoms with Crippen molar-refractivity contribution in [2.24, 2.45) is 7.05 Å². The summed E-state index contributed by atoms with van der Waals surface area (Å²) < 4.78 is 26.8. The molecule has 0 atom stereocenters. The number of rotatable bonds is 3. The third-order valence-corrected chi connectivity index (χ3v) is 6.02. The Kier molecular flexibility index (Phi) is 4.50. The molecule has 2 heterocycles. The van der Waals surface area contributed by atoms with Crippen molar-refractivity contribution in [1.82, 2.24) is 14.1 Å². The van der Waals surface area contributed by atoms with Crippen molar-refractivity contribution < 1.29 is 8.42 Å². The summed E-state index contributed by atoms with van der Waals surface area (Å²) in [6.45, 7) is 3.60. The van der Waals surface area contributed by atoms with Crippen molar-refractivity contribution in [2.45, 2.75) is 6.92 Å². The van der Waals surface area contributed by atoms with E-state index < -0.39 is 10.0 Å². The topological polar surface area (TPSA) is 75.5 Å². The van der Waals surface area contributed by atoms with Gasteiger partial charge >= 0.3 is 0 Å².